The predicted molar refractivity (Wildman–Crippen MR) is 138 cm³/mol. The van der Waals surface area contributed by atoms with Crippen LogP contribution in [0.5, 0.6) is 0 Å². The van der Waals surface area contributed by atoms with Crippen molar-refractivity contribution in [1.29, 1.82) is 0 Å². The van der Waals surface area contributed by atoms with Crippen molar-refractivity contribution < 1.29 is 4.79 Å². The number of amides is 1. The van der Waals surface area contributed by atoms with E-state index in [2.05, 4.69) is 44.3 Å². The lowest BCUT2D eigenvalue weighted by molar-refractivity contribution is -0.127. The van der Waals surface area contributed by atoms with E-state index in [1.54, 1.807) is 0 Å². The van der Waals surface area contributed by atoms with Crippen molar-refractivity contribution >= 4 is 12.2 Å². The fourth-order valence-electron chi connectivity index (χ4n) is 5.74. The minimum atomic E-state index is -0.705. The standard InChI is InChI=1S/C28H49N3O/c1-4-6-17-26(5-2)23(3)21-30-27(32)28(31-22-29,20-25-15-11-8-12-16-25)19-18-24-13-9-7-10-14-24/h5-6,17,22-25H,4,7-16,18-21H2,1-3H3,(H2,29,31)(H,30,32)/b17-6-,26-5+. The van der Waals surface area contributed by atoms with Crippen LogP contribution in [-0.2, 0) is 4.79 Å². The van der Waals surface area contributed by atoms with Gasteiger partial charge < -0.3 is 11.1 Å². The number of carbonyl (C=O) groups excluding carboxylic acids is 1. The van der Waals surface area contributed by atoms with Crippen LogP contribution in [0, 0.1) is 17.8 Å². The smallest absolute Gasteiger partial charge is 0.248 e. The van der Waals surface area contributed by atoms with Crippen LogP contribution in [-0.4, -0.2) is 24.3 Å². The summed E-state index contributed by atoms with van der Waals surface area (Å²) in [6.07, 6.45) is 24.7. The van der Waals surface area contributed by atoms with Crippen LogP contribution < -0.4 is 11.1 Å². The summed E-state index contributed by atoms with van der Waals surface area (Å²) in [7, 11) is 0. The summed E-state index contributed by atoms with van der Waals surface area (Å²) in [5.41, 5.74) is 6.42. The minimum absolute atomic E-state index is 0.0855. The summed E-state index contributed by atoms with van der Waals surface area (Å²) >= 11 is 0. The second-order valence-corrected chi connectivity index (χ2v) is 10.3. The number of hydrogen-bond acceptors (Lipinski definition) is 2. The molecular formula is C28H49N3O. The third kappa shape index (κ3) is 8.41. The lowest BCUT2D eigenvalue weighted by atomic mass is 9.75. The van der Waals surface area contributed by atoms with Gasteiger partial charge in [-0.15, -0.1) is 0 Å². The first-order chi connectivity index (χ1) is 15.5. The first kappa shape index (κ1) is 26.7. The molecule has 0 bridgehead atoms. The second-order valence-electron chi connectivity index (χ2n) is 10.3. The molecule has 2 atom stereocenters. The SMILES string of the molecule is C/C=C(\C=C/CC)C(C)CNC(=O)C(CCC1CCCCC1)(CC1CCCCC1)N=CN. The Kier molecular flexibility index (Phi) is 12.1. The van der Waals surface area contributed by atoms with Gasteiger partial charge in [-0.05, 0) is 55.9 Å². The molecule has 2 aliphatic carbocycles. The Bertz CT molecular complexity index is 627. The Morgan fingerprint density at radius 1 is 1.09 bits per heavy atom. The van der Waals surface area contributed by atoms with E-state index < -0.39 is 5.54 Å². The molecule has 0 aromatic heterocycles. The molecule has 0 aromatic carbocycles. The van der Waals surface area contributed by atoms with E-state index in [-0.39, 0.29) is 11.8 Å². The molecule has 2 rings (SSSR count). The van der Waals surface area contributed by atoms with Gasteiger partial charge in [-0.1, -0.05) is 96.3 Å². The molecule has 32 heavy (non-hydrogen) atoms. The molecule has 4 heteroatoms. The number of nitrogens with zero attached hydrogens (tertiary/aromatic N) is 1. The Hall–Kier alpha value is -1.58. The number of carbonyl (C=O) groups is 1. The summed E-state index contributed by atoms with van der Waals surface area (Å²) in [5.74, 6) is 1.69. The summed E-state index contributed by atoms with van der Waals surface area (Å²) in [4.78, 5) is 18.5. The number of allylic oxidation sites excluding steroid dienone is 3. The molecule has 0 spiro atoms. The predicted octanol–water partition coefficient (Wildman–Crippen LogP) is 6.71. The Morgan fingerprint density at radius 3 is 2.28 bits per heavy atom. The molecule has 4 nitrogen and oxygen atoms in total. The van der Waals surface area contributed by atoms with E-state index in [1.807, 2.05) is 0 Å². The summed E-state index contributed by atoms with van der Waals surface area (Å²) < 4.78 is 0. The van der Waals surface area contributed by atoms with Crippen molar-refractivity contribution in [3.63, 3.8) is 0 Å². The molecule has 0 aliphatic heterocycles. The fourth-order valence-corrected chi connectivity index (χ4v) is 5.74. The van der Waals surface area contributed by atoms with Crippen LogP contribution in [0.25, 0.3) is 0 Å². The molecule has 3 N–H and O–H groups in total. The third-order valence-corrected chi connectivity index (χ3v) is 7.80. The Morgan fingerprint density at radius 2 is 1.72 bits per heavy atom. The molecule has 182 valence electrons. The van der Waals surface area contributed by atoms with Crippen molar-refractivity contribution in [2.24, 2.45) is 28.5 Å². The highest BCUT2D eigenvalue weighted by Gasteiger charge is 2.40. The maximum atomic E-state index is 13.7. The highest BCUT2D eigenvalue weighted by molar-refractivity contribution is 5.87. The molecule has 0 heterocycles. The van der Waals surface area contributed by atoms with Crippen LogP contribution in [0.2, 0.25) is 0 Å². The molecule has 2 aliphatic rings. The number of nitrogens with one attached hydrogen (secondary N) is 1. The van der Waals surface area contributed by atoms with Crippen molar-refractivity contribution in [3.05, 3.63) is 23.8 Å². The molecule has 2 saturated carbocycles. The van der Waals surface area contributed by atoms with Gasteiger partial charge in [0.2, 0.25) is 5.91 Å². The van der Waals surface area contributed by atoms with E-state index in [1.165, 1.54) is 76.1 Å². The minimum Gasteiger partial charge on any atom is -0.390 e. The summed E-state index contributed by atoms with van der Waals surface area (Å²) in [6, 6.07) is 0. The van der Waals surface area contributed by atoms with Crippen molar-refractivity contribution in [1.82, 2.24) is 5.32 Å². The van der Waals surface area contributed by atoms with Crippen LogP contribution in [0.4, 0.5) is 0 Å². The highest BCUT2D eigenvalue weighted by atomic mass is 16.2. The molecule has 0 radical (unpaired) electrons. The lowest BCUT2D eigenvalue weighted by Gasteiger charge is -2.35. The number of rotatable bonds is 12. The third-order valence-electron chi connectivity index (χ3n) is 7.80. The Labute approximate surface area is 197 Å². The van der Waals surface area contributed by atoms with Gasteiger partial charge in [0.15, 0.2) is 0 Å². The average molecular weight is 444 g/mol. The zero-order valence-corrected chi connectivity index (χ0v) is 21.1. The van der Waals surface area contributed by atoms with Crippen LogP contribution in [0.1, 0.15) is 111 Å². The molecular weight excluding hydrogens is 394 g/mol. The molecule has 0 saturated heterocycles. The van der Waals surface area contributed by atoms with Gasteiger partial charge in [0.25, 0.3) is 0 Å². The van der Waals surface area contributed by atoms with E-state index in [4.69, 9.17) is 10.7 Å². The number of aliphatic imine (C=N–C) groups is 1. The maximum absolute atomic E-state index is 13.7. The van der Waals surface area contributed by atoms with Gasteiger partial charge in [-0.2, -0.15) is 0 Å². The first-order valence-electron chi connectivity index (χ1n) is 13.4. The van der Waals surface area contributed by atoms with Crippen LogP contribution in [0.15, 0.2) is 28.8 Å². The zero-order chi connectivity index (χ0) is 23.2. The molecule has 1 amide bonds. The van der Waals surface area contributed by atoms with Crippen LogP contribution in [0.3, 0.4) is 0 Å². The van der Waals surface area contributed by atoms with Gasteiger partial charge in [-0.3, -0.25) is 9.79 Å². The zero-order valence-electron chi connectivity index (χ0n) is 21.1. The summed E-state index contributed by atoms with van der Waals surface area (Å²) in [5, 5.41) is 3.29. The van der Waals surface area contributed by atoms with E-state index >= 15 is 0 Å². The van der Waals surface area contributed by atoms with Crippen LogP contribution >= 0.6 is 0 Å². The summed E-state index contributed by atoms with van der Waals surface area (Å²) in [6.45, 7) is 7.05. The quantitative estimate of drug-likeness (QED) is 0.200. The number of nitrogens with two attached hydrogens (primary N) is 1. The van der Waals surface area contributed by atoms with Gasteiger partial charge in [-0.25, -0.2) is 0 Å². The fraction of sp³-hybridized carbons (Fsp3) is 0.786. The van der Waals surface area contributed by atoms with Gasteiger partial charge in [0, 0.05) is 6.54 Å². The normalized spacial score (nSPS) is 22.3. The van der Waals surface area contributed by atoms with Crippen molar-refractivity contribution in [2.75, 3.05) is 6.54 Å². The highest BCUT2D eigenvalue weighted by Crippen LogP contribution is 2.37. The van der Waals surface area contributed by atoms with E-state index in [0.717, 1.165) is 31.6 Å². The largest absolute Gasteiger partial charge is 0.390 e. The van der Waals surface area contributed by atoms with Crippen molar-refractivity contribution in [2.45, 2.75) is 116 Å². The van der Waals surface area contributed by atoms with Gasteiger partial charge >= 0.3 is 0 Å². The topological polar surface area (TPSA) is 67.5 Å². The van der Waals surface area contributed by atoms with Gasteiger partial charge in [0.1, 0.15) is 5.54 Å². The van der Waals surface area contributed by atoms with Gasteiger partial charge in [0.05, 0.1) is 6.34 Å². The monoisotopic (exact) mass is 443 g/mol. The maximum Gasteiger partial charge on any atom is 0.248 e. The van der Waals surface area contributed by atoms with Crippen molar-refractivity contribution in [3.8, 4) is 0 Å². The molecule has 2 unspecified atom stereocenters. The van der Waals surface area contributed by atoms with E-state index in [9.17, 15) is 4.79 Å². The molecule has 2 fully saturated rings. The second kappa shape index (κ2) is 14.5. The molecule has 0 aromatic rings. The first-order valence-corrected chi connectivity index (χ1v) is 13.4. The average Bonchev–Trinajstić information content (AvgIpc) is 2.83. The number of hydrogen-bond donors (Lipinski definition) is 2. The lowest BCUT2D eigenvalue weighted by Crippen LogP contribution is -2.48. The Balaban J connectivity index is 2.12. The van der Waals surface area contributed by atoms with E-state index in [0.29, 0.717) is 12.5 Å².